The van der Waals surface area contributed by atoms with E-state index in [1.54, 1.807) is 91.0 Å². The molecule has 5 aromatic rings. The van der Waals surface area contributed by atoms with Crippen LogP contribution in [0.2, 0.25) is 0 Å². The van der Waals surface area contributed by atoms with Crippen LogP contribution < -0.4 is 9.05 Å². The van der Waals surface area contributed by atoms with Crippen molar-refractivity contribution in [3.63, 3.8) is 0 Å². The van der Waals surface area contributed by atoms with Crippen LogP contribution in [0.5, 0.6) is 11.5 Å². The van der Waals surface area contributed by atoms with Gasteiger partial charge in [-0.25, -0.2) is 27.9 Å². The Morgan fingerprint density at radius 2 is 0.942 bits per heavy atom. The molecule has 0 bridgehead atoms. The summed E-state index contributed by atoms with van der Waals surface area (Å²) in [6, 6.07) is 39.3. The molecule has 13 heteroatoms. The van der Waals surface area contributed by atoms with Gasteiger partial charge in [0.25, 0.3) is 0 Å². The van der Waals surface area contributed by atoms with Gasteiger partial charge in [-0.05, 0) is 60.7 Å². The molecule has 0 saturated carbocycles. The van der Waals surface area contributed by atoms with Gasteiger partial charge in [-0.3, -0.25) is 0 Å². The molecule has 0 aliphatic carbocycles. The number of alkyl halides is 1. The van der Waals surface area contributed by atoms with Gasteiger partial charge in [-0.2, -0.15) is 0 Å². The molecule has 5 atom stereocenters. The Morgan fingerprint density at radius 1 is 0.558 bits per heavy atom. The zero-order valence-corrected chi connectivity index (χ0v) is 28.2. The number of benzene rings is 5. The van der Waals surface area contributed by atoms with E-state index in [2.05, 4.69) is 0 Å². The molecular formula is C39H32FO11P. The lowest BCUT2D eigenvalue weighted by atomic mass is 9.99. The Morgan fingerprint density at radius 3 is 1.38 bits per heavy atom. The van der Waals surface area contributed by atoms with Gasteiger partial charge < -0.3 is 28.0 Å². The minimum Gasteiger partial charge on any atom is -0.459 e. The lowest BCUT2D eigenvalue weighted by molar-refractivity contribution is -0.266. The summed E-state index contributed by atoms with van der Waals surface area (Å²) >= 11 is 0. The Labute approximate surface area is 298 Å². The topological polar surface area (TPSA) is 133 Å². The number of carbonyl (C=O) groups excluding carboxylic acids is 3. The highest BCUT2D eigenvalue weighted by molar-refractivity contribution is 7.49. The molecule has 1 aliphatic heterocycles. The van der Waals surface area contributed by atoms with Gasteiger partial charge in [-0.1, -0.05) is 91.0 Å². The fraction of sp³-hybridized carbons (Fsp3) is 0.154. The zero-order chi connectivity index (χ0) is 36.3. The summed E-state index contributed by atoms with van der Waals surface area (Å²) in [6.07, 6.45) is -9.79. The van der Waals surface area contributed by atoms with Crippen LogP contribution in [-0.2, 0) is 28.0 Å². The highest BCUT2D eigenvalue weighted by Gasteiger charge is 2.55. The van der Waals surface area contributed by atoms with E-state index in [-0.39, 0.29) is 28.2 Å². The van der Waals surface area contributed by atoms with Crippen LogP contribution in [0.3, 0.4) is 0 Å². The van der Waals surface area contributed by atoms with Crippen molar-refractivity contribution in [1.29, 1.82) is 0 Å². The van der Waals surface area contributed by atoms with Crippen molar-refractivity contribution in [3.8, 4) is 11.5 Å². The third-order valence-corrected chi connectivity index (χ3v) is 8.95. The molecule has 0 amide bonds. The fourth-order valence-electron chi connectivity index (χ4n) is 5.10. The van der Waals surface area contributed by atoms with Gasteiger partial charge in [0.05, 0.1) is 16.7 Å². The first-order valence-corrected chi connectivity index (χ1v) is 17.6. The minimum atomic E-state index is -4.82. The van der Waals surface area contributed by atoms with Crippen molar-refractivity contribution < 1.29 is 55.9 Å². The van der Waals surface area contributed by atoms with Crippen LogP contribution in [0.25, 0.3) is 0 Å². The van der Waals surface area contributed by atoms with Gasteiger partial charge in [0.15, 0.2) is 18.4 Å². The first kappa shape index (κ1) is 36.0. The average Bonchev–Trinajstić information content (AvgIpc) is 3.18. The number of halogens is 1. The van der Waals surface area contributed by atoms with E-state index in [0.717, 1.165) is 0 Å². The summed E-state index contributed by atoms with van der Waals surface area (Å²) in [6.45, 7) is -0.711. The first-order chi connectivity index (χ1) is 25.3. The molecule has 0 spiro atoms. The number of hydrogen-bond acceptors (Lipinski definition) is 11. The molecule has 1 fully saturated rings. The van der Waals surface area contributed by atoms with Crippen LogP contribution in [0, 0.1) is 0 Å². The van der Waals surface area contributed by atoms with E-state index in [9.17, 15) is 18.9 Å². The van der Waals surface area contributed by atoms with Crippen molar-refractivity contribution in [2.45, 2.75) is 30.8 Å². The third-order valence-electron chi connectivity index (χ3n) is 7.62. The van der Waals surface area contributed by atoms with Crippen LogP contribution in [0.4, 0.5) is 4.39 Å². The number of hydrogen-bond donors (Lipinski definition) is 0. The van der Waals surface area contributed by atoms with E-state index in [0.29, 0.717) is 0 Å². The van der Waals surface area contributed by atoms with Gasteiger partial charge in [-0.15, -0.1) is 0 Å². The predicted octanol–water partition coefficient (Wildman–Crippen LogP) is 7.64. The third kappa shape index (κ3) is 9.29. The maximum Gasteiger partial charge on any atom is 0.590 e. The first-order valence-electron chi connectivity index (χ1n) is 16.1. The molecule has 5 aromatic carbocycles. The van der Waals surface area contributed by atoms with Crippen molar-refractivity contribution in [2.75, 3.05) is 6.61 Å². The summed E-state index contributed by atoms with van der Waals surface area (Å²) in [4.78, 5) is 39.7. The monoisotopic (exact) mass is 726 g/mol. The number of rotatable bonds is 13. The maximum absolute atomic E-state index is 16.7. The standard InChI is InChI=1S/C39H32FO11P/c40-33-32(26-45-36(41)27-16-6-1-7-17-27)46-39(51-52(44,49-30-22-12-4-13-23-30)50-31-24-14-5-15-25-31)35(48-38(43)29-20-10-3-11-21-29)34(33)47-37(42)28-18-8-2-9-19-28/h1-25,32-35,39H,26H2/t32-,33-,34+,35-,39-/m1/s1. The van der Waals surface area contributed by atoms with E-state index < -0.39 is 63.1 Å². The molecule has 6 rings (SSSR count). The quantitative estimate of drug-likeness (QED) is 0.0674. The SMILES string of the molecule is O=C(OC[C@H]1O[C@H](OP(=O)(Oc2ccccc2)Oc2ccccc2)[C@H](OC(=O)c2ccccc2)[C@@H](OC(=O)c2ccccc2)[C@@H]1F)c1ccccc1. The van der Waals surface area contributed by atoms with E-state index in [4.69, 9.17) is 32.5 Å². The molecule has 0 radical (unpaired) electrons. The van der Waals surface area contributed by atoms with E-state index in [1.807, 2.05) is 0 Å². The number of carbonyl (C=O) groups is 3. The highest BCUT2D eigenvalue weighted by atomic mass is 31.2. The molecule has 1 heterocycles. The molecule has 266 valence electrons. The largest absolute Gasteiger partial charge is 0.590 e. The van der Waals surface area contributed by atoms with Crippen molar-refractivity contribution in [3.05, 3.63) is 168 Å². The summed E-state index contributed by atoms with van der Waals surface area (Å²) in [7, 11) is -4.82. The Hall–Kier alpha value is -5.81. The number of phosphoric ester groups is 1. The Bertz CT molecular complexity index is 1920. The van der Waals surface area contributed by atoms with Crippen molar-refractivity contribution in [1.82, 2.24) is 0 Å². The normalized spacial score (nSPS) is 19.8. The van der Waals surface area contributed by atoms with Gasteiger partial charge in [0.2, 0.25) is 6.29 Å². The molecular weight excluding hydrogens is 694 g/mol. The predicted molar refractivity (Wildman–Crippen MR) is 184 cm³/mol. The second-order valence-electron chi connectivity index (χ2n) is 11.3. The Kier molecular flexibility index (Phi) is 11.7. The van der Waals surface area contributed by atoms with Crippen LogP contribution in [-0.4, -0.2) is 55.3 Å². The van der Waals surface area contributed by atoms with Crippen molar-refractivity contribution >= 4 is 25.7 Å². The Balaban J connectivity index is 1.37. The zero-order valence-electron chi connectivity index (χ0n) is 27.3. The van der Waals surface area contributed by atoms with E-state index in [1.165, 1.54) is 60.7 Å². The number of para-hydroxylation sites is 2. The summed E-state index contributed by atoms with van der Waals surface area (Å²) in [5.74, 6) is -2.60. The molecule has 0 N–H and O–H groups in total. The molecule has 0 aromatic heterocycles. The highest BCUT2D eigenvalue weighted by Crippen LogP contribution is 2.52. The lowest BCUT2D eigenvalue weighted by Crippen LogP contribution is -2.60. The average molecular weight is 727 g/mol. The second-order valence-corrected chi connectivity index (χ2v) is 12.8. The van der Waals surface area contributed by atoms with Gasteiger partial charge in [0.1, 0.15) is 24.2 Å². The number of esters is 3. The molecule has 11 nitrogen and oxygen atoms in total. The van der Waals surface area contributed by atoms with Crippen LogP contribution >= 0.6 is 7.82 Å². The number of ether oxygens (including phenoxy) is 4. The molecule has 0 unspecified atom stereocenters. The van der Waals surface area contributed by atoms with Crippen molar-refractivity contribution in [2.24, 2.45) is 0 Å². The molecule has 1 saturated heterocycles. The van der Waals surface area contributed by atoms with E-state index >= 15 is 4.39 Å². The minimum absolute atomic E-state index is 0.0596. The lowest BCUT2D eigenvalue weighted by Gasteiger charge is -2.42. The van der Waals surface area contributed by atoms with Crippen LogP contribution in [0.15, 0.2) is 152 Å². The van der Waals surface area contributed by atoms with Gasteiger partial charge in [0, 0.05) is 0 Å². The molecule has 1 aliphatic rings. The maximum atomic E-state index is 16.7. The summed E-state index contributed by atoms with van der Waals surface area (Å²) in [5, 5.41) is 0. The van der Waals surface area contributed by atoms with Crippen LogP contribution in [0.1, 0.15) is 31.1 Å². The summed E-state index contributed by atoms with van der Waals surface area (Å²) < 4.78 is 71.4. The summed E-state index contributed by atoms with van der Waals surface area (Å²) in [5.41, 5.74) is 0.303. The fourth-order valence-corrected chi connectivity index (χ4v) is 6.41. The smallest absolute Gasteiger partial charge is 0.459 e. The number of phosphoric acid groups is 1. The molecule has 52 heavy (non-hydrogen) atoms. The van der Waals surface area contributed by atoms with Gasteiger partial charge >= 0.3 is 25.7 Å². The second kappa shape index (κ2) is 16.9.